The van der Waals surface area contributed by atoms with Crippen LogP contribution in [0.1, 0.15) is 36.8 Å². The molecule has 5 N–H and O–H groups in total. The molecule has 0 bridgehead atoms. The number of carboxylic acid groups (broad SMARTS) is 1. The van der Waals surface area contributed by atoms with E-state index in [0.717, 1.165) is 28.9 Å². The lowest BCUT2D eigenvalue weighted by Crippen LogP contribution is -2.58. The van der Waals surface area contributed by atoms with Crippen LogP contribution >= 0.6 is 0 Å². The maximum absolute atomic E-state index is 13.2. The van der Waals surface area contributed by atoms with Gasteiger partial charge in [0.1, 0.15) is 6.04 Å². The number of aliphatic hydroxyl groups excluding tert-OH is 1. The van der Waals surface area contributed by atoms with E-state index in [1.807, 2.05) is 24.3 Å². The molecule has 2 heterocycles. The molecule has 1 saturated carbocycles. The van der Waals surface area contributed by atoms with E-state index >= 15 is 0 Å². The first-order valence-corrected chi connectivity index (χ1v) is 11.0. The van der Waals surface area contributed by atoms with E-state index in [1.54, 1.807) is 0 Å². The van der Waals surface area contributed by atoms with Gasteiger partial charge in [0.2, 0.25) is 11.8 Å². The summed E-state index contributed by atoms with van der Waals surface area (Å²) < 4.78 is 0. The van der Waals surface area contributed by atoms with E-state index in [2.05, 4.69) is 16.0 Å². The monoisotopic (exact) mass is 444 g/mol. The lowest BCUT2D eigenvalue weighted by Gasteiger charge is -2.35. The van der Waals surface area contributed by atoms with Crippen LogP contribution in [0.4, 0.5) is 4.79 Å². The van der Waals surface area contributed by atoms with Gasteiger partial charge in [-0.15, -0.1) is 0 Å². The Kier molecular flexibility index (Phi) is 6.31. The van der Waals surface area contributed by atoms with Crippen molar-refractivity contribution in [1.29, 1.82) is 0 Å². The van der Waals surface area contributed by atoms with Crippen molar-refractivity contribution in [1.82, 2.24) is 20.9 Å². The van der Waals surface area contributed by atoms with Gasteiger partial charge in [-0.2, -0.15) is 0 Å². The second kappa shape index (κ2) is 9.15. The molecule has 4 atom stereocenters. The molecule has 1 unspecified atom stereocenters. The van der Waals surface area contributed by atoms with E-state index in [4.69, 9.17) is 0 Å². The maximum Gasteiger partial charge on any atom is 0.408 e. The van der Waals surface area contributed by atoms with Crippen LogP contribution < -0.4 is 16.0 Å². The van der Waals surface area contributed by atoms with Crippen molar-refractivity contribution < 1.29 is 29.4 Å². The van der Waals surface area contributed by atoms with Gasteiger partial charge in [-0.05, 0) is 36.8 Å². The zero-order chi connectivity index (χ0) is 22.8. The number of nitrogens with one attached hydrogen (secondary N) is 3. The predicted molar refractivity (Wildman–Crippen MR) is 112 cm³/mol. The first-order valence-electron chi connectivity index (χ1n) is 11.0. The fourth-order valence-corrected chi connectivity index (χ4v) is 4.38. The van der Waals surface area contributed by atoms with E-state index in [1.165, 1.54) is 0 Å². The van der Waals surface area contributed by atoms with Crippen LogP contribution in [0.15, 0.2) is 24.3 Å². The van der Waals surface area contributed by atoms with Crippen LogP contribution in [-0.4, -0.2) is 69.7 Å². The van der Waals surface area contributed by atoms with Crippen molar-refractivity contribution in [2.45, 2.75) is 62.9 Å². The number of nitrogens with zero attached hydrogens (tertiary/aromatic N) is 1. The van der Waals surface area contributed by atoms with Crippen LogP contribution in [-0.2, 0) is 27.3 Å². The van der Waals surface area contributed by atoms with E-state index < -0.39 is 42.0 Å². The number of amides is 4. The van der Waals surface area contributed by atoms with Crippen LogP contribution in [0.2, 0.25) is 0 Å². The zero-order valence-electron chi connectivity index (χ0n) is 17.6. The predicted octanol–water partition coefficient (Wildman–Crippen LogP) is -0.258. The average Bonchev–Trinajstić information content (AvgIpc) is 3.51. The minimum Gasteiger partial charge on any atom is -0.465 e. The lowest BCUT2D eigenvalue weighted by molar-refractivity contribution is -0.135. The molecular weight excluding hydrogens is 416 g/mol. The molecule has 0 radical (unpaired) electrons. The first kappa shape index (κ1) is 22.1. The van der Waals surface area contributed by atoms with Crippen molar-refractivity contribution in [3.8, 4) is 0 Å². The number of rotatable bonds is 7. The largest absolute Gasteiger partial charge is 0.465 e. The summed E-state index contributed by atoms with van der Waals surface area (Å²) in [5.41, 5.74) is 1.71. The molecule has 4 amide bonds. The molecule has 10 nitrogen and oxygen atoms in total. The quantitative estimate of drug-likeness (QED) is 0.391. The minimum absolute atomic E-state index is 0.0284. The highest BCUT2D eigenvalue weighted by Crippen LogP contribution is 2.25. The molecule has 2 aliphatic heterocycles. The van der Waals surface area contributed by atoms with Crippen molar-refractivity contribution >= 4 is 23.8 Å². The molecule has 0 spiro atoms. The zero-order valence-corrected chi connectivity index (χ0v) is 17.6. The Bertz CT molecular complexity index is 917. The molecule has 10 heteroatoms. The summed E-state index contributed by atoms with van der Waals surface area (Å²) in [6.07, 6.45) is -0.256. The van der Waals surface area contributed by atoms with Gasteiger partial charge in [0.15, 0.2) is 6.10 Å². The number of carbonyl (C=O) groups is 4. The van der Waals surface area contributed by atoms with Crippen LogP contribution in [0.25, 0.3) is 0 Å². The van der Waals surface area contributed by atoms with Crippen molar-refractivity contribution in [2.75, 3.05) is 6.54 Å². The summed E-state index contributed by atoms with van der Waals surface area (Å²) in [6.45, 7) is 0.574. The molecule has 2 fully saturated rings. The Morgan fingerprint density at radius 3 is 2.50 bits per heavy atom. The summed E-state index contributed by atoms with van der Waals surface area (Å²) in [5, 5.41) is 28.5. The first-order chi connectivity index (χ1) is 15.3. The van der Waals surface area contributed by atoms with Gasteiger partial charge in [0.25, 0.3) is 5.91 Å². The molecule has 1 aliphatic carbocycles. The number of hydrogen-bond acceptors (Lipinski definition) is 5. The minimum atomic E-state index is -1.54. The third-order valence-corrected chi connectivity index (χ3v) is 6.40. The molecule has 0 aromatic heterocycles. The number of aliphatic hydroxyl groups is 1. The third-order valence-electron chi connectivity index (χ3n) is 6.40. The van der Waals surface area contributed by atoms with Crippen LogP contribution in [0.3, 0.4) is 0 Å². The van der Waals surface area contributed by atoms with Crippen LogP contribution in [0.5, 0.6) is 0 Å². The Morgan fingerprint density at radius 2 is 1.88 bits per heavy atom. The van der Waals surface area contributed by atoms with Crippen molar-refractivity contribution in [2.24, 2.45) is 5.92 Å². The second-order valence-electron chi connectivity index (χ2n) is 8.75. The molecule has 1 aromatic carbocycles. The van der Waals surface area contributed by atoms with Gasteiger partial charge in [-0.3, -0.25) is 19.3 Å². The second-order valence-corrected chi connectivity index (χ2v) is 8.75. The van der Waals surface area contributed by atoms with Gasteiger partial charge in [-0.25, -0.2) is 4.79 Å². The average molecular weight is 444 g/mol. The van der Waals surface area contributed by atoms with Crippen LogP contribution in [0, 0.1) is 5.92 Å². The smallest absolute Gasteiger partial charge is 0.408 e. The Balaban J connectivity index is 1.51. The Morgan fingerprint density at radius 1 is 1.16 bits per heavy atom. The number of carbonyl (C=O) groups excluding carboxylic acids is 3. The number of hydrogen-bond donors (Lipinski definition) is 5. The summed E-state index contributed by atoms with van der Waals surface area (Å²) in [7, 11) is 0. The van der Waals surface area contributed by atoms with Gasteiger partial charge < -0.3 is 26.2 Å². The molecule has 1 saturated heterocycles. The van der Waals surface area contributed by atoms with E-state index in [0.29, 0.717) is 13.0 Å². The molecule has 172 valence electrons. The summed E-state index contributed by atoms with van der Waals surface area (Å²) in [5.74, 6) is -1.81. The fourth-order valence-electron chi connectivity index (χ4n) is 4.38. The van der Waals surface area contributed by atoms with Gasteiger partial charge in [-0.1, -0.05) is 24.3 Å². The van der Waals surface area contributed by atoms with E-state index in [-0.39, 0.29) is 31.3 Å². The summed E-state index contributed by atoms with van der Waals surface area (Å²) in [6, 6.07) is 5.35. The standard InChI is InChI=1S/C22H28N4O6/c27-18(21(30)24-15-5-6-15)16(9-13-7-8-23-19(13)28)25-20(29)17-10-12-3-1-2-4-14(12)11-26(17)22(31)32/h1-4,13,15-18,27H,5-11H2,(H,23,28)(H,24,30)(H,25,29)(H,31,32)/t13-,16-,17-,18?/m0/s1. The third kappa shape index (κ3) is 4.85. The van der Waals surface area contributed by atoms with Crippen molar-refractivity contribution in [3.05, 3.63) is 35.4 Å². The highest BCUT2D eigenvalue weighted by Gasteiger charge is 2.40. The molecule has 1 aromatic rings. The molecular formula is C22H28N4O6. The SMILES string of the molecule is O=C(NC1CC1)C(O)[C@H](C[C@@H]1CCNC1=O)NC(=O)[C@@H]1Cc2ccccc2CN1C(=O)O. The van der Waals surface area contributed by atoms with Gasteiger partial charge >= 0.3 is 6.09 Å². The Hall–Kier alpha value is -3.14. The summed E-state index contributed by atoms with van der Waals surface area (Å²) in [4.78, 5) is 50.6. The maximum atomic E-state index is 13.2. The lowest BCUT2D eigenvalue weighted by atomic mass is 9.92. The van der Waals surface area contributed by atoms with Gasteiger partial charge in [0.05, 0.1) is 12.6 Å². The molecule has 32 heavy (non-hydrogen) atoms. The van der Waals surface area contributed by atoms with Gasteiger partial charge in [0, 0.05) is 24.9 Å². The van der Waals surface area contributed by atoms with Crippen molar-refractivity contribution in [3.63, 3.8) is 0 Å². The normalized spacial score (nSPS) is 24.2. The molecule has 4 rings (SSSR count). The number of fused-ring (bicyclic) bond motifs is 1. The Labute approximate surface area is 185 Å². The highest BCUT2D eigenvalue weighted by molar-refractivity contribution is 5.88. The molecule has 3 aliphatic rings. The topological polar surface area (TPSA) is 148 Å². The summed E-state index contributed by atoms with van der Waals surface area (Å²) >= 11 is 0. The number of benzene rings is 1. The highest BCUT2D eigenvalue weighted by atomic mass is 16.4. The fraction of sp³-hybridized carbons (Fsp3) is 0.545. The van der Waals surface area contributed by atoms with E-state index in [9.17, 15) is 29.4 Å².